The van der Waals surface area contributed by atoms with Crippen molar-refractivity contribution in [1.29, 1.82) is 0 Å². The highest BCUT2D eigenvalue weighted by atomic mass is 16.6. The smallest absolute Gasteiger partial charge is 0.310 e. The molecule has 0 radical (unpaired) electrons. The van der Waals surface area contributed by atoms with Crippen molar-refractivity contribution in [3.8, 4) is 0 Å². The predicted molar refractivity (Wildman–Crippen MR) is 59.6 cm³/mol. The molecule has 0 spiro atoms. The number of amides is 1. The number of carbonyl (C=O) groups excluding carboxylic acids is 1. The van der Waals surface area contributed by atoms with Gasteiger partial charge in [-0.1, -0.05) is 6.92 Å². The molecule has 0 aliphatic carbocycles. The van der Waals surface area contributed by atoms with Gasteiger partial charge in [-0.2, -0.15) is 0 Å². The minimum Gasteiger partial charge on any atom is -0.481 e. The maximum atomic E-state index is 12.2. The van der Waals surface area contributed by atoms with Crippen molar-refractivity contribution in [2.45, 2.75) is 18.9 Å². The van der Waals surface area contributed by atoms with Gasteiger partial charge in [-0.3, -0.25) is 9.59 Å². The minimum atomic E-state index is -1.39. The Morgan fingerprint density at radius 3 is 2.41 bits per heavy atom. The van der Waals surface area contributed by atoms with Crippen LogP contribution in [0.5, 0.6) is 0 Å². The largest absolute Gasteiger partial charge is 0.481 e. The molecule has 6 heteroatoms. The number of carboxylic acid groups (broad SMARTS) is 1. The number of carbonyl (C=O) groups is 2. The first-order valence-electron chi connectivity index (χ1n) is 5.62. The Balaban J connectivity index is 3.07. The lowest BCUT2D eigenvalue weighted by Crippen LogP contribution is -2.60. The topological polar surface area (TPSA) is 76.1 Å². The number of hydrogen-bond acceptors (Lipinski definition) is 4. The van der Waals surface area contributed by atoms with Crippen LogP contribution in [0.4, 0.5) is 0 Å². The molecule has 98 valence electrons. The molecule has 17 heavy (non-hydrogen) atoms. The molecule has 1 heterocycles. The third-order valence-electron chi connectivity index (χ3n) is 2.94. The summed E-state index contributed by atoms with van der Waals surface area (Å²) in [5.41, 5.74) is -1.39. The maximum Gasteiger partial charge on any atom is 0.310 e. The molecule has 1 aliphatic heterocycles. The van der Waals surface area contributed by atoms with E-state index >= 15 is 0 Å². The van der Waals surface area contributed by atoms with Crippen LogP contribution in [-0.2, 0) is 19.1 Å². The summed E-state index contributed by atoms with van der Waals surface area (Å²) < 4.78 is 10.8. The summed E-state index contributed by atoms with van der Waals surface area (Å²) in [6, 6.07) is 0. The molecular weight excluding hydrogens is 226 g/mol. The Bertz CT molecular complexity index is 296. The Morgan fingerprint density at radius 1 is 1.41 bits per heavy atom. The van der Waals surface area contributed by atoms with E-state index in [1.165, 1.54) is 4.90 Å². The summed E-state index contributed by atoms with van der Waals surface area (Å²) in [4.78, 5) is 24.8. The van der Waals surface area contributed by atoms with Crippen molar-refractivity contribution >= 4 is 11.9 Å². The van der Waals surface area contributed by atoms with E-state index in [0.29, 0.717) is 13.0 Å². The molecule has 1 fully saturated rings. The van der Waals surface area contributed by atoms with Crippen molar-refractivity contribution in [2.24, 2.45) is 5.92 Å². The summed E-state index contributed by atoms with van der Waals surface area (Å²) in [5.74, 6) is -2.28. The van der Waals surface area contributed by atoms with Gasteiger partial charge in [0.1, 0.15) is 0 Å². The Kier molecular flexibility index (Phi) is 4.47. The third-order valence-corrected chi connectivity index (χ3v) is 2.94. The number of carboxylic acids is 1. The highest BCUT2D eigenvalue weighted by Gasteiger charge is 2.52. The molecule has 0 bridgehead atoms. The van der Waals surface area contributed by atoms with E-state index in [2.05, 4.69) is 0 Å². The van der Waals surface area contributed by atoms with E-state index in [9.17, 15) is 14.7 Å². The van der Waals surface area contributed by atoms with E-state index in [0.717, 1.165) is 0 Å². The van der Waals surface area contributed by atoms with Crippen molar-refractivity contribution in [1.82, 2.24) is 4.90 Å². The molecule has 1 rings (SSSR count). The van der Waals surface area contributed by atoms with E-state index in [1.54, 1.807) is 21.0 Å². The van der Waals surface area contributed by atoms with E-state index in [1.807, 2.05) is 0 Å². The number of hydrogen-bond donors (Lipinski definition) is 1. The fourth-order valence-electron chi connectivity index (χ4n) is 2.10. The van der Waals surface area contributed by atoms with Gasteiger partial charge in [0.2, 0.25) is 0 Å². The van der Waals surface area contributed by atoms with Crippen LogP contribution < -0.4 is 0 Å². The monoisotopic (exact) mass is 245 g/mol. The molecule has 1 N–H and O–H groups in total. The standard InChI is InChI=1S/C11H19NO5/c1-4-8(9(13)14)11(10(15)12(2)3)7-16-5-6-17-11/h8H,4-7H2,1-3H3,(H,13,14). The van der Waals surface area contributed by atoms with Crippen LogP contribution in [0.2, 0.25) is 0 Å². The molecule has 2 atom stereocenters. The quantitative estimate of drug-likeness (QED) is 0.752. The van der Waals surface area contributed by atoms with Gasteiger partial charge in [0.25, 0.3) is 5.91 Å². The fourth-order valence-corrected chi connectivity index (χ4v) is 2.10. The first-order valence-corrected chi connectivity index (χ1v) is 5.62. The minimum absolute atomic E-state index is 0.00514. The Labute approximate surface area is 100 Å². The van der Waals surface area contributed by atoms with Crippen LogP contribution in [0.15, 0.2) is 0 Å². The van der Waals surface area contributed by atoms with Gasteiger partial charge in [-0.15, -0.1) is 0 Å². The highest BCUT2D eigenvalue weighted by Crippen LogP contribution is 2.30. The molecular formula is C11H19NO5. The lowest BCUT2D eigenvalue weighted by molar-refractivity contribution is -0.206. The zero-order valence-electron chi connectivity index (χ0n) is 10.4. The summed E-state index contributed by atoms with van der Waals surface area (Å²) in [7, 11) is 3.16. The normalized spacial score (nSPS) is 26.3. The second-order valence-corrected chi connectivity index (χ2v) is 4.29. The second-order valence-electron chi connectivity index (χ2n) is 4.29. The number of ether oxygens (including phenoxy) is 2. The van der Waals surface area contributed by atoms with Crippen LogP contribution in [-0.4, -0.2) is 61.4 Å². The van der Waals surface area contributed by atoms with Gasteiger partial charge in [-0.25, -0.2) is 0 Å². The first kappa shape index (κ1) is 13.9. The van der Waals surface area contributed by atoms with Gasteiger partial charge in [0, 0.05) is 14.1 Å². The highest BCUT2D eigenvalue weighted by molar-refractivity contribution is 5.90. The molecule has 6 nitrogen and oxygen atoms in total. The van der Waals surface area contributed by atoms with Crippen molar-refractivity contribution < 1.29 is 24.2 Å². The van der Waals surface area contributed by atoms with Crippen LogP contribution in [0.3, 0.4) is 0 Å². The number of rotatable bonds is 4. The summed E-state index contributed by atoms with van der Waals surface area (Å²) in [6.07, 6.45) is 0.318. The predicted octanol–water partition coefficient (Wildman–Crippen LogP) is -0.0290. The number of aliphatic carboxylic acids is 1. The molecule has 0 saturated carbocycles. The molecule has 1 aliphatic rings. The molecule has 1 saturated heterocycles. The Hall–Kier alpha value is -1.14. The van der Waals surface area contributed by atoms with Gasteiger partial charge in [0.05, 0.1) is 25.7 Å². The zero-order chi connectivity index (χ0) is 13.1. The van der Waals surface area contributed by atoms with Crippen molar-refractivity contribution in [2.75, 3.05) is 33.9 Å². The van der Waals surface area contributed by atoms with Crippen molar-refractivity contribution in [3.63, 3.8) is 0 Å². The lowest BCUT2D eigenvalue weighted by Gasteiger charge is -2.40. The number of likely N-dealkylation sites (N-methyl/N-ethyl adjacent to an activating group) is 1. The van der Waals surface area contributed by atoms with Crippen LogP contribution in [0.25, 0.3) is 0 Å². The van der Waals surface area contributed by atoms with Crippen LogP contribution >= 0.6 is 0 Å². The van der Waals surface area contributed by atoms with Crippen LogP contribution in [0.1, 0.15) is 13.3 Å². The zero-order valence-corrected chi connectivity index (χ0v) is 10.4. The average molecular weight is 245 g/mol. The van der Waals surface area contributed by atoms with Crippen LogP contribution in [0, 0.1) is 5.92 Å². The number of nitrogens with zero attached hydrogens (tertiary/aromatic N) is 1. The Morgan fingerprint density at radius 2 is 2.06 bits per heavy atom. The second kappa shape index (κ2) is 5.46. The van der Waals surface area contributed by atoms with Gasteiger partial charge >= 0.3 is 5.97 Å². The fraction of sp³-hybridized carbons (Fsp3) is 0.818. The first-order chi connectivity index (χ1) is 7.95. The molecule has 0 aromatic rings. The van der Waals surface area contributed by atoms with Crippen molar-refractivity contribution in [3.05, 3.63) is 0 Å². The van der Waals surface area contributed by atoms with Gasteiger partial charge in [0.15, 0.2) is 5.60 Å². The summed E-state index contributed by atoms with van der Waals surface area (Å²) in [6.45, 7) is 2.35. The molecule has 2 unspecified atom stereocenters. The van der Waals surface area contributed by atoms with E-state index < -0.39 is 17.5 Å². The van der Waals surface area contributed by atoms with Gasteiger partial charge in [-0.05, 0) is 6.42 Å². The SMILES string of the molecule is CCC(C(=O)O)C1(C(=O)N(C)C)COCCO1. The molecule has 1 amide bonds. The summed E-state index contributed by atoms with van der Waals surface area (Å²) in [5, 5.41) is 9.22. The average Bonchev–Trinajstić information content (AvgIpc) is 2.29. The lowest BCUT2D eigenvalue weighted by atomic mass is 9.84. The van der Waals surface area contributed by atoms with E-state index in [4.69, 9.17) is 9.47 Å². The maximum absolute atomic E-state index is 12.2. The van der Waals surface area contributed by atoms with Gasteiger partial charge < -0.3 is 19.5 Å². The van der Waals surface area contributed by atoms with E-state index in [-0.39, 0.29) is 19.1 Å². The summed E-state index contributed by atoms with van der Waals surface area (Å²) >= 11 is 0. The molecule has 0 aromatic heterocycles. The molecule has 0 aromatic carbocycles. The third kappa shape index (κ3) is 2.58.